The van der Waals surface area contributed by atoms with Crippen LogP contribution in [0.5, 0.6) is 0 Å². The first-order valence-electron chi connectivity index (χ1n) is 13.0. The molecule has 5 aromatic carbocycles. The molecule has 1 heterocycles. The molecule has 0 N–H and O–H groups in total. The number of azo groups is 1. The molecule has 0 aliphatic rings. The van der Waals surface area contributed by atoms with Crippen molar-refractivity contribution in [2.45, 2.75) is 12.8 Å². The largest absolute Gasteiger partial charge is 0.342 e. The third-order valence-electron chi connectivity index (χ3n) is 7.01. The third kappa shape index (κ3) is 5.05. The van der Waals surface area contributed by atoms with Gasteiger partial charge in [-0.1, -0.05) is 115 Å². The summed E-state index contributed by atoms with van der Waals surface area (Å²) in [7, 11) is 2.10. The zero-order valence-electron chi connectivity index (χ0n) is 21.5. The van der Waals surface area contributed by atoms with Gasteiger partial charge in [-0.15, -0.1) is 5.11 Å². The Labute approximate surface area is 223 Å². The van der Waals surface area contributed by atoms with Crippen LogP contribution in [0.4, 0.5) is 11.4 Å². The molecule has 0 aliphatic heterocycles. The summed E-state index contributed by atoms with van der Waals surface area (Å²) in [6.45, 7) is 0. The Kier molecular flexibility index (Phi) is 6.65. The number of benzene rings is 5. The summed E-state index contributed by atoms with van der Waals surface area (Å²) < 4.78 is 2.22. The summed E-state index contributed by atoms with van der Waals surface area (Å²) in [6, 6.07) is 46.7. The van der Waals surface area contributed by atoms with Crippen LogP contribution in [0.1, 0.15) is 22.3 Å². The van der Waals surface area contributed by atoms with E-state index in [0.29, 0.717) is 0 Å². The quantitative estimate of drug-likeness (QED) is 0.199. The van der Waals surface area contributed by atoms with Crippen molar-refractivity contribution in [1.82, 2.24) is 4.57 Å². The second-order valence-electron chi connectivity index (χ2n) is 9.66. The molecule has 6 aromatic rings. The zero-order valence-corrected chi connectivity index (χ0v) is 21.5. The van der Waals surface area contributed by atoms with E-state index in [1.807, 2.05) is 18.2 Å². The van der Waals surface area contributed by atoms with Crippen LogP contribution in [0.25, 0.3) is 22.2 Å². The van der Waals surface area contributed by atoms with Gasteiger partial charge in [0.1, 0.15) is 5.69 Å². The molecule has 3 nitrogen and oxygen atoms in total. The summed E-state index contributed by atoms with van der Waals surface area (Å²) in [5.74, 6) is 0. The maximum atomic E-state index is 4.81. The van der Waals surface area contributed by atoms with Crippen LogP contribution in [0, 0.1) is 0 Å². The van der Waals surface area contributed by atoms with Gasteiger partial charge in [0.25, 0.3) is 0 Å². The Morgan fingerprint density at radius 2 is 1.00 bits per heavy atom. The molecule has 0 spiro atoms. The molecule has 1 aromatic heterocycles. The highest BCUT2D eigenvalue weighted by atomic mass is 15.1. The fourth-order valence-electron chi connectivity index (χ4n) is 5.04. The summed E-state index contributed by atoms with van der Waals surface area (Å²) in [5.41, 5.74) is 10.3. The lowest BCUT2D eigenvalue weighted by molar-refractivity contribution is 0.975. The van der Waals surface area contributed by atoms with Crippen molar-refractivity contribution in [3.8, 4) is 11.3 Å². The van der Waals surface area contributed by atoms with E-state index < -0.39 is 0 Å². The van der Waals surface area contributed by atoms with Crippen molar-refractivity contribution >= 4 is 22.3 Å². The van der Waals surface area contributed by atoms with E-state index in [1.54, 1.807) is 0 Å². The normalized spacial score (nSPS) is 11.4. The number of fused-ring (bicyclic) bond motifs is 1. The molecule has 0 saturated carbocycles. The Hall–Kier alpha value is -4.76. The van der Waals surface area contributed by atoms with Gasteiger partial charge in [0.15, 0.2) is 0 Å². The molecule has 3 heteroatoms. The van der Waals surface area contributed by atoms with E-state index in [1.165, 1.54) is 22.3 Å². The van der Waals surface area contributed by atoms with Crippen LogP contribution in [0.15, 0.2) is 144 Å². The highest BCUT2D eigenvalue weighted by Gasteiger charge is 2.16. The standard InChI is InChI=1S/C35H29N3/c1-38-33-15-9-8-14-32(33)34(35(38)30-20-16-28(17-21-30)24-26-10-4-2-5-11-26)37-36-31-22-18-29(19-23-31)25-27-12-6-3-7-13-27/h2-23H,24-25H2,1H3. The topological polar surface area (TPSA) is 29.6 Å². The predicted molar refractivity (Wildman–Crippen MR) is 157 cm³/mol. The lowest BCUT2D eigenvalue weighted by atomic mass is 10.0. The predicted octanol–water partition coefficient (Wildman–Crippen LogP) is 9.44. The van der Waals surface area contributed by atoms with Gasteiger partial charge in [-0.3, -0.25) is 0 Å². The maximum Gasteiger partial charge on any atom is 0.119 e. The molecule has 0 saturated heterocycles. The minimum Gasteiger partial charge on any atom is -0.342 e. The molecular weight excluding hydrogens is 462 g/mol. The molecular formula is C35H29N3. The molecule has 0 unspecified atom stereocenters. The summed E-state index contributed by atoms with van der Waals surface area (Å²) in [6.07, 6.45) is 1.83. The second kappa shape index (κ2) is 10.7. The lowest BCUT2D eigenvalue weighted by Gasteiger charge is -2.08. The van der Waals surface area contributed by atoms with Crippen molar-refractivity contribution in [1.29, 1.82) is 0 Å². The maximum absolute atomic E-state index is 4.81. The number of hydrogen-bond donors (Lipinski definition) is 0. The van der Waals surface area contributed by atoms with E-state index in [4.69, 9.17) is 5.11 Å². The molecule has 38 heavy (non-hydrogen) atoms. The minimum absolute atomic E-state index is 0.846. The number of rotatable bonds is 7. The van der Waals surface area contributed by atoms with Gasteiger partial charge in [0.05, 0.1) is 16.9 Å². The Bertz CT molecular complexity index is 1680. The van der Waals surface area contributed by atoms with Crippen LogP contribution in [-0.4, -0.2) is 4.57 Å². The van der Waals surface area contributed by atoms with Crippen molar-refractivity contribution in [2.24, 2.45) is 17.3 Å². The van der Waals surface area contributed by atoms with Gasteiger partial charge in [0.2, 0.25) is 0 Å². The average Bonchev–Trinajstić information content (AvgIpc) is 3.25. The van der Waals surface area contributed by atoms with Crippen LogP contribution in [-0.2, 0) is 19.9 Å². The van der Waals surface area contributed by atoms with Gasteiger partial charge < -0.3 is 4.57 Å². The number of para-hydroxylation sites is 1. The average molecular weight is 492 g/mol. The van der Waals surface area contributed by atoms with Crippen molar-refractivity contribution in [3.05, 3.63) is 156 Å². The van der Waals surface area contributed by atoms with Crippen LogP contribution < -0.4 is 0 Å². The van der Waals surface area contributed by atoms with Crippen molar-refractivity contribution in [2.75, 3.05) is 0 Å². The molecule has 0 atom stereocenters. The van der Waals surface area contributed by atoms with E-state index in [2.05, 4.69) is 132 Å². The van der Waals surface area contributed by atoms with Gasteiger partial charge >= 0.3 is 0 Å². The number of nitrogens with zero attached hydrogens (tertiary/aromatic N) is 3. The van der Waals surface area contributed by atoms with E-state index >= 15 is 0 Å². The molecule has 0 radical (unpaired) electrons. The van der Waals surface area contributed by atoms with E-state index in [0.717, 1.165) is 46.4 Å². The Balaban J connectivity index is 1.30. The number of aryl methyl sites for hydroxylation is 1. The summed E-state index contributed by atoms with van der Waals surface area (Å²) in [4.78, 5) is 0. The van der Waals surface area contributed by atoms with Crippen LogP contribution in [0.2, 0.25) is 0 Å². The Morgan fingerprint density at radius 1 is 0.500 bits per heavy atom. The van der Waals surface area contributed by atoms with E-state index in [9.17, 15) is 0 Å². The first kappa shape index (κ1) is 23.6. The van der Waals surface area contributed by atoms with Gasteiger partial charge in [-0.25, -0.2) is 0 Å². The molecule has 0 amide bonds. The smallest absolute Gasteiger partial charge is 0.119 e. The monoisotopic (exact) mass is 491 g/mol. The molecule has 0 aliphatic carbocycles. The first-order chi connectivity index (χ1) is 18.7. The number of aromatic nitrogens is 1. The van der Waals surface area contributed by atoms with Crippen molar-refractivity contribution < 1.29 is 0 Å². The molecule has 0 fully saturated rings. The van der Waals surface area contributed by atoms with Gasteiger partial charge in [-0.05, 0) is 53.3 Å². The first-order valence-corrected chi connectivity index (χ1v) is 13.0. The minimum atomic E-state index is 0.846. The number of hydrogen-bond acceptors (Lipinski definition) is 2. The summed E-state index contributed by atoms with van der Waals surface area (Å²) in [5, 5.41) is 10.6. The SMILES string of the molecule is Cn1c(-c2ccc(Cc3ccccc3)cc2)c(N=Nc2ccc(Cc3ccccc3)cc2)c2ccccc21. The highest BCUT2D eigenvalue weighted by molar-refractivity contribution is 6.00. The van der Waals surface area contributed by atoms with Gasteiger partial charge in [0, 0.05) is 18.0 Å². The zero-order chi connectivity index (χ0) is 25.7. The third-order valence-corrected chi connectivity index (χ3v) is 7.01. The summed E-state index contributed by atoms with van der Waals surface area (Å²) >= 11 is 0. The molecule has 6 rings (SSSR count). The fraction of sp³-hybridized carbons (Fsp3) is 0.0857. The highest BCUT2D eigenvalue weighted by Crippen LogP contribution is 2.40. The lowest BCUT2D eigenvalue weighted by Crippen LogP contribution is -1.92. The molecule has 0 bridgehead atoms. The van der Waals surface area contributed by atoms with Gasteiger partial charge in [-0.2, -0.15) is 5.11 Å². The fourth-order valence-corrected chi connectivity index (χ4v) is 5.04. The molecule has 184 valence electrons. The van der Waals surface area contributed by atoms with Crippen LogP contribution in [0.3, 0.4) is 0 Å². The second-order valence-corrected chi connectivity index (χ2v) is 9.66. The Morgan fingerprint density at radius 3 is 1.61 bits per heavy atom. The van der Waals surface area contributed by atoms with Crippen LogP contribution >= 0.6 is 0 Å². The van der Waals surface area contributed by atoms with Crippen molar-refractivity contribution in [3.63, 3.8) is 0 Å². The van der Waals surface area contributed by atoms with E-state index in [-0.39, 0.29) is 0 Å².